The SMILES string of the molecule is CNCC(=O)c1cc(C)c(O)c(OC)c1. The van der Waals surface area contributed by atoms with Crippen molar-refractivity contribution >= 4 is 5.78 Å². The van der Waals surface area contributed by atoms with E-state index in [0.29, 0.717) is 16.9 Å². The Morgan fingerprint density at radius 1 is 1.53 bits per heavy atom. The fourth-order valence-corrected chi connectivity index (χ4v) is 1.33. The van der Waals surface area contributed by atoms with Crippen molar-refractivity contribution in [3.63, 3.8) is 0 Å². The zero-order valence-corrected chi connectivity index (χ0v) is 9.13. The van der Waals surface area contributed by atoms with Crippen molar-refractivity contribution in [2.75, 3.05) is 20.7 Å². The van der Waals surface area contributed by atoms with E-state index < -0.39 is 0 Å². The number of ether oxygens (including phenoxy) is 1. The van der Waals surface area contributed by atoms with Crippen molar-refractivity contribution in [2.24, 2.45) is 0 Å². The van der Waals surface area contributed by atoms with Crippen molar-refractivity contribution in [1.29, 1.82) is 0 Å². The van der Waals surface area contributed by atoms with Crippen molar-refractivity contribution < 1.29 is 14.6 Å². The predicted molar refractivity (Wildman–Crippen MR) is 57.7 cm³/mol. The highest BCUT2D eigenvalue weighted by molar-refractivity contribution is 5.98. The fourth-order valence-electron chi connectivity index (χ4n) is 1.33. The second kappa shape index (κ2) is 4.79. The smallest absolute Gasteiger partial charge is 0.176 e. The number of phenols is 1. The van der Waals surface area contributed by atoms with Crippen LogP contribution in [0.5, 0.6) is 11.5 Å². The van der Waals surface area contributed by atoms with Gasteiger partial charge in [-0.25, -0.2) is 0 Å². The molecule has 15 heavy (non-hydrogen) atoms. The van der Waals surface area contributed by atoms with Crippen LogP contribution in [0.1, 0.15) is 15.9 Å². The third-order valence-corrected chi connectivity index (χ3v) is 2.14. The molecule has 0 heterocycles. The Hall–Kier alpha value is -1.55. The summed E-state index contributed by atoms with van der Waals surface area (Å²) in [7, 11) is 3.17. The number of aromatic hydroxyl groups is 1. The van der Waals surface area contributed by atoms with Crippen molar-refractivity contribution in [1.82, 2.24) is 5.32 Å². The summed E-state index contributed by atoms with van der Waals surface area (Å²) < 4.78 is 4.97. The zero-order valence-electron chi connectivity index (χ0n) is 9.13. The number of likely N-dealkylation sites (N-methyl/N-ethyl adjacent to an activating group) is 1. The zero-order chi connectivity index (χ0) is 11.4. The molecule has 0 atom stereocenters. The van der Waals surface area contributed by atoms with E-state index in [2.05, 4.69) is 5.32 Å². The summed E-state index contributed by atoms with van der Waals surface area (Å²) in [4.78, 5) is 11.6. The van der Waals surface area contributed by atoms with E-state index in [1.54, 1.807) is 26.1 Å². The van der Waals surface area contributed by atoms with Crippen molar-refractivity contribution in [2.45, 2.75) is 6.92 Å². The number of rotatable bonds is 4. The lowest BCUT2D eigenvalue weighted by atomic mass is 10.1. The number of methoxy groups -OCH3 is 1. The van der Waals surface area contributed by atoms with E-state index in [9.17, 15) is 9.90 Å². The van der Waals surface area contributed by atoms with Gasteiger partial charge in [-0.15, -0.1) is 0 Å². The number of carbonyl (C=O) groups excluding carboxylic acids is 1. The summed E-state index contributed by atoms with van der Waals surface area (Å²) in [5.74, 6) is 0.381. The number of benzene rings is 1. The molecule has 1 rings (SSSR count). The monoisotopic (exact) mass is 209 g/mol. The maximum Gasteiger partial charge on any atom is 0.176 e. The third-order valence-electron chi connectivity index (χ3n) is 2.14. The lowest BCUT2D eigenvalue weighted by Gasteiger charge is -2.08. The van der Waals surface area contributed by atoms with E-state index in [0.717, 1.165) is 0 Å². The predicted octanol–water partition coefficient (Wildman–Crippen LogP) is 1.11. The van der Waals surface area contributed by atoms with Crippen LogP contribution in [0.4, 0.5) is 0 Å². The van der Waals surface area contributed by atoms with Gasteiger partial charge in [0.05, 0.1) is 13.7 Å². The molecule has 0 saturated heterocycles. The van der Waals surface area contributed by atoms with Gasteiger partial charge in [0, 0.05) is 5.56 Å². The molecule has 4 heteroatoms. The van der Waals surface area contributed by atoms with Crippen LogP contribution in [0.3, 0.4) is 0 Å². The Morgan fingerprint density at radius 3 is 2.73 bits per heavy atom. The van der Waals surface area contributed by atoms with Gasteiger partial charge in [-0.2, -0.15) is 0 Å². The average molecular weight is 209 g/mol. The van der Waals surface area contributed by atoms with Gasteiger partial charge >= 0.3 is 0 Å². The number of ketones is 1. The van der Waals surface area contributed by atoms with Gasteiger partial charge in [0.1, 0.15) is 0 Å². The van der Waals surface area contributed by atoms with Crippen LogP contribution in [0.25, 0.3) is 0 Å². The van der Waals surface area contributed by atoms with Crippen molar-refractivity contribution in [3.8, 4) is 11.5 Å². The molecule has 4 nitrogen and oxygen atoms in total. The van der Waals surface area contributed by atoms with Crippen molar-refractivity contribution in [3.05, 3.63) is 23.3 Å². The third kappa shape index (κ3) is 2.47. The van der Waals surface area contributed by atoms with Crippen LogP contribution in [-0.2, 0) is 0 Å². The molecular formula is C11H15NO3. The van der Waals surface area contributed by atoms with Crippen LogP contribution in [-0.4, -0.2) is 31.6 Å². The molecule has 0 radical (unpaired) electrons. The summed E-state index contributed by atoms with van der Waals surface area (Å²) >= 11 is 0. The molecule has 0 bridgehead atoms. The van der Waals surface area contributed by atoms with E-state index in [-0.39, 0.29) is 18.1 Å². The molecule has 2 N–H and O–H groups in total. The Labute approximate surface area is 88.9 Å². The first-order valence-corrected chi connectivity index (χ1v) is 4.65. The second-order valence-electron chi connectivity index (χ2n) is 3.30. The molecular weight excluding hydrogens is 194 g/mol. The molecule has 0 aliphatic carbocycles. The number of aryl methyl sites for hydroxylation is 1. The number of phenolic OH excluding ortho intramolecular Hbond substituents is 1. The first kappa shape index (κ1) is 11.5. The maximum atomic E-state index is 11.6. The highest BCUT2D eigenvalue weighted by atomic mass is 16.5. The summed E-state index contributed by atoms with van der Waals surface area (Å²) in [6.45, 7) is 2.00. The molecule has 0 spiro atoms. The van der Waals surface area contributed by atoms with E-state index in [4.69, 9.17) is 4.74 Å². The highest BCUT2D eigenvalue weighted by Gasteiger charge is 2.11. The van der Waals surface area contributed by atoms with E-state index in [1.807, 2.05) is 0 Å². The second-order valence-corrected chi connectivity index (χ2v) is 3.30. The first-order valence-electron chi connectivity index (χ1n) is 4.65. The lowest BCUT2D eigenvalue weighted by Crippen LogP contribution is -2.18. The molecule has 1 aromatic rings. The van der Waals surface area contributed by atoms with E-state index >= 15 is 0 Å². The minimum atomic E-state index is -0.0288. The molecule has 82 valence electrons. The van der Waals surface area contributed by atoms with Gasteiger partial charge in [-0.1, -0.05) is 0 Å². The molecule has 0 saturated carbocycles. The van der Waals surface area contributed by atoms with Crippen LogP contribution < -0.4 is 10.1 Å². The topological polar surface area (TPSA) is 58.6 Å². The quantitative estimate of drug-likeness (QED) is 0.729. The molecule has 0 amide bonds. The van der Waals surface area contributed by atoms with E-state index in [1.165, 1.54) is 7.11 Å². The summed E-state index contributed by atoms with van der Waals surface area (Å²) in [6.07, 6.45) is 0. The normalized spacial score (nSPS) is 10.1. The standard InChI is InChI=1S/C11H15NO3/c1-7-4-8(9(13)6-12-2)5-10(15-3)11(7)14/h4-5,12,14H,6H2,1-3H3. The number of Topliss-reactive ketones (excluding diaryl/α,β-unsaturated/α-hetero) is 1. The fraction of sp³-hybridized carbons (Fsp3) is 0.364. The van der Waals surface area contributed by atoms with Gasteiger partial charge in [-0.3, -0.25) is 4.79 Å². The minimum Gasteiger partial charge on any atom is -0.504 e. The lowest BCUT2D eigenvalue weighted by molar-refractivity contribution is 0.0993. The van der Waals surface area contributed by atoms with Gasteiger partial charge < -0.3 is 15.2 Å². The van der Waals surface area contributed by atoms with Gasteiger partial charge in [0.2, 0.25) is 0 Å². The Balaban J connectivity index is 3.10. The molecule has 1 aromatic carbocycles. The molecule has 0 aliphatic rings. The van der Waals surface area contributed by atoms with Crippen LogP contribution in [0.2, 0.25) is 0 Å². The Morgan fingerprint density at radius 2 is 2.20 bits per heavy atom. The highest BCUT2D eigenvalue weighted by Crippen LogP contribution is 2.30. The molecule has 0 fully saturated rings. The largest absolute Gasteiger partial charge is 0.504 e. The number of hydrogen-bond acceptors (Lipinski definition) is 4. The molecule has 0 aliphatic heterocycles. The summed E-state index contributed by atoms with van der Waals surface area (Å²) in [5, 5.41) is 12.4. The molecule has 0 aromatic heterocycles. The van der Waals surface area contributed by atoms with Crippen LogP contribution >= 0.6 is 0 Å². The average Bonchev–Trinajstić information content (AvgIpc) is 2.22. The van der Waals surface area contributed by atoms with Gasteiger partial charge in [-0.05, 0) is 31.7 Å². The number of hydrogen-bond donors (Lipinski definition) is 2. The number of nitrogens with one attached hydrogen (secondary N) is 1. The maximum absolute atomic E-state index is 11.6. The minimum absolute atomic E-state index is 0.0288. The van der Waals surface area contributed by atoms with Crippen LogP contribution in [0.15, 0.2) is 12.1 Å². The van der Waals surface area contributed by atoms with Gasteiger partial charge in [0.15, 0.2) is 17.3 Å². The first-order chi connectivity index (χ1) is 7.10. The molecule has 0 unspecified atom stereocenters. The van der Waals surface area contributed by atoms with Gasteiger partial charge in [0.25, 0.3) is 0 Å². The number of carbonyl (C=O) groups is 1. The van der Waals surface area contributed by atoms with Crippen LogP contribution in [0, 0.1) is 6.92 Å². The summed E-state index contributed by atoms with van der Waals surface area (Å²) in [6, 6.07) is 3.19. The summed E-state index contributed by atoms with van der Waals surface area (Å²) in [5.41, 5.74) is 1.17. The Bertz CT molecular complexity index is 374. The Kier molecular flexibility index (Phi) is 3.68.